The summed E-state index contributed by atoms with van der Waals surface area (Å²) in [7, 11) is 0. The lowest BCUT2D eigenvalue weighted by atomic mass is 10.0. The molecule has 1 unspecified atom stereocenters. The third-order valence-electron chi connectivity index (χ3n) is 3.14. The minimum atomic E-state index is -0.569. The van der Waals surface area contributed by atoms with Gasteiger partial charge < -0.3 is 0 Å². The Kier molecular flexibility index (Phi) is 3.80. The van der Waals surface area contributed by atoms with E-state index >= 15 is 0 Å². The Balaban J connectivity index is 1.88. The fourth-order valence-corrected chi connectivity index (χ4v) is 4.28. The molecular weight excluding hydrogens is 298 g/mol. The van der Waals surface area contributed by atoms with E-state index < -0.39 is 11.6 Å². The van der Waals surface area contributed by atoms with Crippen molar-refractivity contribution in [1.29, 1.82) is 0 Å². The molecule has 0 saturated carbocycles. The van der Waals surface area contributed by atoms with Crippen molar-refractivity contribution in [2.75, 3.05) is 0 Å². The Hall–Kier alpha value is -1.34. The smallest absolute Gasteiger partial charge is 0.129 e. The Labute approximate surface area is 122 Å². The van der Waals surface area contributed by atoms with Crippen molar-refractivity contribution in [2.45, 2.75) is 12.5 Å². The molecule has 104 valence electrons. The van der Waals surface area contributed by atoms with E-state index in [0.717, 1.165) is 10.9 Å². The summed E-state index contributed by atoms with van der Waals surface area (Å²) < 4.78 is 29.0. The van der Waals surface area contributed by atoms with Crippen LogP contribution in [0, 0.1) is 11.6 Å². The first-order valence-electron chi connectivity index (χ1n) is 6.04. The number of nitrogens with one attached hydrogen (secondary N) is 1. The molecule has 0 radical (unpaired) electrons. The Morgan fingerprint density at radius 1 is 1.15 bits per heavy atom. The van der Waals surface area contributed by atoms with Crippen LogP contribution in [0.2, 0.25) is 0 Å². The fourth-order valence-electron chi connectivity index (χ4n) is 2.10. The third kappa shape index (κ3) is 2.60. The van der Waals surface area contributed by atoms with Crippen LogP contribution in [0.3, 0.4) is 0 Å². The molecule has 20 heavy (non-hydrogen) atoms. The molecule has 1 aromatic carbocycles. The zero-order chi connectivity index (χ0) is 14.1. The van der Waals surface area contributed by atoms with Crippen molar-refractivity contribution >= 4 is 32.1 Å². The van der Waals surface area contributed by atoms with E-state index in [2.05, 4.69) is 17.6 Å². The number of halogens is 2. The average molecular weight is 310 g/mol. The van der Waals surface area contributed by atoms with Crippen molar-refractivity contribution < 1.29 is 8.78 Å². The summed E-state index contributed by atoms with van der Waals surface area (Å²) in [4.78, 5) is 1.05. The topological polar surface area (TPSA) is 38.0 Å². The van der Waals surface area contributed by atoms with Gasteiger partial charge in [-0.05, 0) is 35.6 Å². The van der Waals surface area contributed by atoms with Gasteiger partial charge >= 0.3 is 0 Å². The Bertz CT molecular complexity index is 707. The molecule has 0 amide bonds. The van der Waals surface area contributed by atoms with Gasteiger partial charge in [0.15, 0.2) is 0 Å². The van der Waals surface area contributed by atoms with Gasteiger partial charge in [-0.15, -0.1) is 22.7 Å². The molecule has 1 atom stereocenters. The number of thiophene rings is 2. The molecule has 3 rings (SSSR count). The van der Waals surface area contributed by atoms with Gasteiger partial charge in [-0.2, -0.15) is 0 Å². The van der Waals surface area contributed by atoms with E-state index in [4.69, 9.17) is 5.84 Å². The summed E-state index contributed by atoms with van der Waals surface area (Å²) in [6.07, 6.45) is 0.385. The highest BCUT2D eigenvalue weighted by Gasteiger charge is 2.16. The monoisotopic (exact) mass is 310 g/mol. The molecule has 3 aromatic rings. The van der Waals surface area contributed by atoms with E-state index in [9.17, 15) is 8.78 Å². The first kappa shape index (κ1) is 13.6. The normalized spacial score (nSPS) is 12.9. The first-order chi connectivity index (χ1) is 9.67. The van der Waals surface area contributed by atoms with Crippen LogP contribution < -0.4 is 11.3 Å². The van der Waals surface area contributed by atoms with Crippen LogP contribution in [0.5, 0.6) is 0 Å². The highest BCUT2D eigenvalue weighted by molar-refractivity contribution is 7.26. The fraction of sp³-hybridized carbons (Fsp3) is 0.143. The third-order valence-corrected chi connectivity index (χ3v) is 5.35. The van der Waals surface area contributed by atoms with Crippen LogP contribution in [0.1, 0.15) is 16.5 Å². The molecule has 0 aliphatic heterocycles. The van der Waals surface area contributed by atoms with E-state index in [1.165, 1.54) is 21.5 Å². The average Bonchev–Trinajstić information content (AvgIpc) is 2.98. The predicted molar refractivity (Wildman–Crippen MR) is 79.8 cm³/mol. The summed E-state index contributed by atoms with van der Waals surface area (Å²) >= 11 is 3.30. The van der Waals surface area contributed by atoms with E-state index in [1.807, 2.05) is 5.38 Å². The molecule has 2 nitrogen and oxygen atoms in total. The lowest BCUT2D eigenvalue weighted by Gasteiger charge is -2.14. The minimum Gasteiger partial charge on any atom is -0.271 e. The maximum atomic E-state index is 13.7. The van der Waals surface area contributed by atoms with E-state index in [-0.39, 0.29) is 6.04 Å². The van der Waals surface area contributed by atoms with Crippen molar-refractivity contribution in [3.63, 3.8) is 0 Å². The molecule has 0 fully saturated rings. The van der Waals surface area contributed by atoms with Crippen LogP contribution in [0.15, 0.2) is 35.7 Å². The summed E-state index contributed by atoms with van der Waals surface area (Å²) in [6, 6.07) is 7.57. The molecule has 2 heterocycles. The summed E-state index contributed by atoms with van der Waals surface area (Å²) in [6.45, 7) is 0. The second-order valence-corrected chi connectivity index (χ2v) is 6.52. The van der Waals surface area contributed by atoms with Crippen LogP contribution in [-0.2, 0) is 6.42 Å². The molecule has 0 spiro atoms. The van der Waals surface area contributed by atoms with Crippen LogP contribution in [0.4, 0.5) is 8.78 Å². The number of fused-ring (bicyclic) bond motifs is 1. The van der Waals surface area contributed by atoms with Gasteiger partial charge in [0, 0.05) is 20.3 Å². The lowest BCUT2D eigenvalue weighted by Crippen LogP contribution is -2.29. The maximum absolute atomic E-state index is 13.7. The molecule has 3 N–H and O–H groups in total. The number of nitrogens with two attached hydrogens (primary N) is 1. The van der Waals surface area contributed by atoms with Crippen molar-refractivity contribution in [1.82, 2.24) is 5.43 Å². The van der Waals surface area contributed by atoms with Crippen LogP contribution in [0.25, 0.3) is 9.40 Å². The second-order valence-electron chi connectivity index (χ2n) is 4.46. The standard InChI is InChI=1S/C14H12F2N2S2/c15-9-2-1-8(10(16)6-9)5-11(18-17)13-7-14-12(20-13)3-4-19-14/h1-4,6-7,11,18H,5,17H2. The zero-order valence-corrected chi connectivity index (χ0v) is 12.0. The Morgan fingerprint density at radius 3 is 2.70 bits per heavy atom. The van der Waals surface area contributed by atoms with Crippen molar-refractivity contribution in [2.24, 2.45) is 5.84 Å². The van der Waals surface area contributed by atoms with Gasteiger partial charge in [-0.1, -0.05) is 6.07 Å². The van der Waals surface area contributed by atoms with E-state index in [0.29, 0.717) is 12.0 Å². The maximum Gasteiger partial charge on any atom is 0.129 e. The number of hydrogen-bond acceptors (Lipinski definition) is 4. The Morgan fingerprint density at radius 2 is 2.00 bits per heavy atom. The molecule has 0 aliphatic rings. The number of hydrogen-bond donors (Lipinski definition) is 2. The van der Waals surface area contributed by atoms with Crippen molar-refractivity contribution in [3.05, 3.63) is 57.8 Å². The first-order valence-corrected chi connectivity index (χ1v) is 7.74. The minimum absolute atomic E-state index is 0.181. The van der Waals surface area contributed by atoms with Gasteiger partial charge in [0.25, 0.3) is 0 Å². The lowest BCUT2D eigenvalue weighted by molar-refractivity contribution is 0.527. The van der Waals surface area contributed by atoms with Crippen LogP contribution in [-0.4, -0.2) is 0 Å². The summed E-state index contributed by atoms with van der Waals surface area (Å²) in [5, 5.41) is 2.04. The largest absolute Gasteiger partial charge is 0.271 e. The van der Waals surface area contributed by atoms with Crippen LogP contribution >= 0.6 is 22.7 Å². The van der Waals surface area contributed by atoms with Gasteiger partial charge in [-0.25, -0.2) is 8.78 Å². The highest BCUT2D eigenvalue weighted by atomic mass is 32.1. The molecular formula is C14H12F2N2S2. The molecule has 2 aromatic heterocycles. The predicted octanol–water partition coefficient (Wildman–Crippen LogP) is 3.99. The van der Waals surface area contributed by atoms with Gasteiger partial charge in [0.1, 0.15) is 11.6 Å². The second kappa shape index (κ2) is 5.57. The number of benzene rings is 1. The van der Waals surface area contributed by atoms with Gasteiger partial charge in [0.2, 0.25) is 0 Å². The molecule has 0 bridgehead atoms. The van der Waals surface area contributed by atoms with Gasteiger partial charge in [0.05, 0.1) is 6.04 Å². The van der Waals surface area contributed by atoms with Gasteiger partial charge in [-0.3, -0.25) is 11.3 Å². The van der Waals surface area contributed by atoms with Crippen molar-refractivity contribution in [3.8, 4) is 0 Å². The molecule has 0 saturated heterocycles. The summed E-state index contributed by atoms with van der Waals surface area (Å²) in [5.41, 5.74) is 3.16. The highest BCUT2D eigenvalue weighted by Crippen LogP contribution is 2.34. The number of rotatable bonds is 4. The SMILES string of the molecule is NNC(Cc1ccc(F)cc1F)c1cc2sccc2s1. The molecule has 0 aliphatic carbocycles. The quantitative estimate of drug-likeness (QED) is 0.565. The van der Waals surface area contributed by atoms with E-state index in [1.54, 1.807) is 22.7 Å². The molecule has 6 heteroatoms. The number of hydrazine groups is 1. The summed E-state index contributed by atoms with van der Waals surface area (Å²) in [5.74, 6) is 4.48. The zero-order valence-electron chi connectivity index (χ0n) is 10.4.